The summed E-state index contributed by atoms with van der Waals surface area (Å²) in [4.78, 5) is 27.6. The Kier molecular flexibility index (Phi) is 4.75. The van der Waals surface area contributed by atoms with Gasteiger partial charge in [0, 0.05) is 25.9 Å². The lowest BCUT2D eigenvalue weighted by Crippen LogP contribution is -2.58. The zero-order valence-electron chi connectivity index (χ0n) is 13.9. The minimum absolute atomic E-state index is 0.0148. The number of rotatable bonds is 1. The highest BCUT2D eigenvalue weighted by atomic mass is 16.5. The molecule has 3 aliphatic heterocycles. The molecule has 0 spiro atoms. The number of piperidine rings is 1. The lowest BCUT2D eigenvalue weighted by Gasteiger charge is -2.47. The third-order valence-electron chi connectivity index (χ3n) is 5.56. The molecule has 2 atom stereocenters. The first-order chi connectivity index (χ1) is 11.2. The zero-order valence-corrected chi connectivity index (χ0v) is 13.9. The summed E-state index contributed by atoms with van der Waals surface area (Å²) in [5.41, 5.74) is 0.369. The summed E-state index contributed by atoms with van der Waals surface area (Å²) < 4.78 is 5.06. The van der Waals surface area contributed by atoms with Gasteiger partial charge >= 0.3 is 5.97 Å². The topological polar surface area (TPSA) is 46.6 Å². The van der Waals surface area contributed by atoms with E-state index >= 15 is 0 Å². The van der Waals surface area contributed by atoms with Crippen LogP contribution in [0.4, 0.5) is 0 Å². The zero-order chi connectivity index (χ0) is 16.3. The first kappa shape index (κ1) is 16.1. The Bertz CT molecular complexity index is 583. The average molecular weight is 315 g/mol. The van der Waals surface area contributed by atoms with Crippen LogP contribution in [-0.2, 0) is 14.3 Å². The van der Waals surface area contributed by atoms with E-state index in [1.165, 1.54) is 12.7 Å². The molecule has 0 N–H and O–H groups in total. The van der Waals surface area contributed by atoms with Gasteiger partial charge in [-0.3, -0.25) is 9.59 Å². The van der Waals surface area contributed by atoms with Crippen LogP contribution in [-0.4, -0.2) is 37.0 Å². The monoisotopic (exact) mass is 315 g/mol. The number of carbonyl (C=O) groups is 2. The van der Waals surface area contributed by atoms with Gasteiger partial charge < -0.3 is 9.64 Å². The number of allylic oxidation sites excluding steroid dienone is 2. The molecule has 4 nitrogen and oxygen atoms in total. The number of esters is 1. The Balaban J connectivity index is 1.95. The van der Waals surface area contributed by atoms with Crippen LogP contribution in [0, 0.1) is 23.2 Å². The van der Waals surface area contributed by atoms with E-state index in [4.69, 9.17) is 4.74 Å². The SMILES string of the molecule is COC(=O)[C@@]12CC=C3CCC#CCCCCN(CC[C@H]1C3)C2=O. The van der Waals surface area contributed by atoms with Crippen molar-refractivity contribution >= 4 is 11.9 Å². The third kappa shape index (κ3) is 2.89. The maximum absolute atomic E-state index is 13.1. The van der Waals surface area contributed by atoms with E-state index < -0.39 is 5.41 Å². The van der Waals surface area contributed by atoms with Crippen LogP contribution in [0.2, 0.25) is 0 Å². The molecule has 4 bridgehead atoms. The number of carbonyl (C=O) groups excluding carboxylic acids is 2. The van der Waals surface area contributed by atoms with Crippen molar-refractivity contribution in [1.29, 1.82) is 0 Å². The van der Waals surface area contributed by atoms with E-state index in [1.807, 2.05) is 4.90 Å². The number of hydrogen-bond acceptors (Lipinski definition) is 3. The molecule has 1 aliphatic carbocycles. The number of fused-ring (bicyclic) bond motifs is 8. The first-order valence-corrected chi connectivity index (χ1v) is 8.70. The van der Waals surface area contributed by atoms with Crippen LogP contribution < -0.4 is 0 Å². The maximum atomic E-state index is 13.1. The number of ether oxygens (including phenoxy) is 1. The van der Waals surface area contributed by atoms with Crippen molar-refractivity contribution < 1.29 is 14.3 Å². The molecule has 0 unspecified atom stereocenters. The van der Waals surface area contributed by atoms with E-state index in [0.717, 1.165) is 58.0 Å². The quantitative estimate of drug-likeness (QED) is 0.323. The Morgan fingerprint density at radius 1 is 1.30 bits per heavy atom. The smallest absolute Gasteiger partial charge is 0.322 e. The predicted octanol–water partition coefficient (Wildman–Crippen LogP) is 2.68. The Labute approximate surface area is 138 Å². The van der Waals surface area contributed by atoms with Gasteiger partial charge in [-0.1, -0.05) is 11.6 Å². The minimum atomic E-state index is -0.980. The van der Waals surface area contributed by atoms with Gasteiger partial charge in [0.1, 0.15) is 0 Å². The average Bonchev–Trinajstić information content (AvgIpc) is 2.58. The van der Waals surface area contributed by atoms with Gasteiger partial charge in [0.25, 0.3) is 0 Å². The van der Waals surface area contributed by atoms with E-state index in [0.29, 0.717) is 6.42 Å². The number of amides is 1. The molecule has 0 aromatic heterocycles. The largest absolute Gasteiger partial charge is 0.468 e. The predicted molar refractivity (Wildman–Crippen MR) is 87.3 cm³/mol. The van der Waals surface area contributed by atoms with E-state index in [1.54, 1.807) is 0 Å². The second-order valence-electron chi connectivity index (χ2n) is 6.82. The lowest BCUT2D eigenvalue weighted by atomic mass is 9.62. The standard InChI is InChI=1S/C19H25NO3/c1-23-18(22)19-11-9-15-8-6-4-2-3-5-7-12-20(17(19)21)13-10-16(19)14-15/h9,16H,3,5-8,10-14H2,1H3/t16-,19-/m0/s1. The van der Waals surface area contributed by atoms with Crippen molar-refractivity contribution in [2.45, 2.75) is 51.4 Å². The Morgan fingerprint density at radius 2 is 2.13 bits per heavy atom. The molecule has 1 amide bonds. The van der Waals surface area contributed by atoms with Crippen molar-refractivity contribution in [3.05, 3.63) is 11.6 Å². The molecular formula is C19H25NO3. The van der Waals surface area contributed by atoms with Gasteiger partial charge in [-0.2, -0.15) is 0 Å². The second-order valence-corrected chi connectivity index (χ2v) is 6.82. The highest BCUT2D eigenvalue weighted by Gasteiger charge is 2.57. The molecule has 0 saturated carbocycles. The molecule has 23 heavy (non-hydrogen) atoms. The van der Waals surface area contributed by atoms with Crippen molar-refractivity contribution in [3.63, 3.8) is 0 Å². The first-order valence-electron chi connectivity index (χ1n) is 8.70. The van der Waals surface area contributed by atoms with Crippen molar-refractivity contribution in [2.24, 2.45) is 11.3 Å². The van der Waals surface area contributed by atoms with Crippen molar-refractivity contribution in [3.8, 4) is 11.8 Å². The van der Waals surface area contributed by atoms with Gasteiger partial charge in [0.2, 0.25) is 5.91 Å². The highest BCUT2D eigenvalue weighted by molar-refractivity contribution is 6.04. The Morgan fingerprint density at radius 3 is 2.96 bits per heavy atom. The molecular weight excluding hydrogens is 290 g/mol. The summed E-state index contributed by atoms with van der Waals surface area (Å²) in [5.74, 6) is 6.20. The van der Waals surface area contributed by atoms with Gasteiger partial charge in [0.15, 0.2) is 5.41 Å². The second kappa shape index (κ2) is 6.78. The summed E-state index contributed by atoms with van der Waals surface area (Å²) >= 11 is 0. The molecule has 1 fully saturated rings. The summed E-state index contributed by atoms with van der Waals surface area (Å²) in [6.07, 6.45) is 9.00. The molecule has 4 aliphatic rings. The third-order valence-corrected chi connectivity index (χ3v) is 5.56. The number of hydrogen-bond donors (Lipinski definition) is 0. The fourth-order valence-electron chi connectivity index (χ4n) is 4.20. The number of nitrogens with zero attached hydrogens (tertiary/aromatic N) is 1. The summed E-state index contributed by atoms with van der Waals surface area (Å²) in [6, 6.07) is 0. The summed E-state index contributed by atoms with van der Waals surface area (Å²) in [7, 11) is 1.40. The number of methoxy groups -OCH3 is 1. The van der Waals surface area contributed by atoms with Crippen molar-refractivity contribution in [1.82, 2.24) is 4.90 Å². The highest BCUT2D eigenvalue weighted by Crippen LogP contribution is 2.48. The fraction of sp³-hybridized carbons (Fsp3) is 0.684. The van der Waals surface area contributed by atoms with Crippen LogP contribution in [0.3, 0.4) is 0 Å². The molecule has 1 saturated heterocycles. The van der Waals surface area contributed by atoms with Crippen LogP contribution in [0.25, 0.3) is 0 Å². The van der Waals surface area contributed by atoms with Gasteiger partial charge in [-0.05, 0) is 44.4 Å². The lowest BCUT2D eigenvalue weighted by molar-refractivity contribution is -0.172. The summed E-state index contributed by atoms with van der Waals surface area (Å²) in [5, 5.41) is 0. The molecule has 0 radical (unpaired) electrons. The Hall–Kier alpha value is -1.76. The van der Waals surface area contributed by atoms with E-state index in [2.05, 4.69) is 17.9 Å². The van der Waals surface area contributed by atoms with Crippen molar-refractivity contribution in [2.75, 3.05) is 20.2 Å². The van der Waals surface area contributed by atoms with Crippen LogP contribution >= 0.6 is 0 Å². The molecule has 0 aromatic carbocycles. The molecule has 0 aromatic rings. The van der Waals surface area contributed by atoms with Gasteiger partial charge in [-0.15, -0.1) is 11.8 Å². The van der Waals surface area contributed by atoms with E-state index in [9.17, 15) is 9.59 Å². The molecule has 124 valence electrons. The molecule has 3 heterocycles. The maximum Gasteiger partial charge on any atom is 0.322 e. The molecule has 4 rings (SSSR count). The summed E-state index contributed by atoms with van der Waals surface area (Å²) in [6.45, 7) is 1.49. The van der Waals surface area contributed by atoms with Gasteiger partial charge in [-0.25, -0.2) is 0 Å². The van der Waals surface area contributed by atoms with Crippen LogP contribution in [0.15, 0.2) is 11.6 Å². The minimum Gasteiger partial charge on any atom is -0.468 e. The fourth-order valence-corrected chi connectivity index (χ4v) is 4.20. The van der Waals surface area contributed by atoms with Gasteiger partial charge in [0.05, 0.1) is 7.11 Å². The van der Waals surface area contributed by atoms with Crippen LogP contribution in [0.5, 0.6) is 0 Å². The van der Waals surface area contributed by atoms with Crippen LogP contribution in [0.1, 0.15) is 51.4 Å². The normalized spacial score (nSPS) is 31.0. The molecule has 4 heteroatoms. The van der Waals surface area contributed by atoms with E-state index in [-0.39, 0.29) is 17.8 Å².